The second kappa shape index (κ2) is 11.2. The van der Waals surface area contributed by atoms with Gasteiger partial charge in [-0.05, 0) is 105 Å². The predicted molar refractivity (Wildman–Crippen MR) is 133 cm³/mol. The molecule has 0 saturated heterocycles. The van der Waals surface area contributed by atoms with Gasteiger partial charge < -0.3 is 14.0 Å². The lowest BCUT2D eigenvalue weighted by Crippen LogP contribution is -2.20. The molecule has 2 atom stereocenters. The van der Waals surface area contributed by atoms with Crippen molar-refractivity contribution in [1.29, 1.82) is 0 Å². The van der Waals surface area contributed by atoms with E-state index in [0.29, 0.717) is 42.8 Å². The Morgan fingerprint density at radius 1 is 1.12 bits per heavy atom. The van der Waals surface area contributed by atoms with E-state index >= 15 is 0 Å². The first kappa shape index (κ1) is 25.2. The third-order valence-electron chi connectivity index (χ3n) is 7.27. The van der Waals surface area contributed by atoms with Gasteiger partial charge in [0.25, 0.3) is 0 Å². The fourth-order valence-electron chi connectivity index (χ4n) is 5.25. The van der Waals surface area contributed by atoms with Crippen molar-refractivity contribution in [3.8, 4) is 11.6 Å². The van der Waals surface area contributed by atoms with Gasteiger partial charge in [-0.1, -0.05) is 0 Å². The molecule has 34 heavy (non-hydrogen) atoms. The molecule has 1 aromatic heterocycles. The van der Waals surface area contributed by atoms with E-state index in [1.165, 1.54) is 18.9 Å². The summed E-state index contributed by atoms with van der Waals surface area (Å²) in [5.74, 6) is 2.64. The Bertz CT molecular complexity index is 1000. The van der Waals surface area contributed by atoms with Gasteiger partial charge in [0.1, 0.15) is 11.6 Å². The van der Waals surface area contributed by atoms with Gasteiger partial charge in [0, 0.05) is 25.1 Å². The zero-order valence-corrected chi connectivity index (χ0v) is 21.4. The minimum Gasteiger partial charge on any atom is -0.497 e. The van der Waals surface area contributed by atoms with Gasteiger partial charge in [-0.15, -0.1) is 0 Å². The number of pyridine rings is 1. The second-order valence-electron chi connectivity index (χ2n) is 9.90. The molecule has 0 radical (unpaired) electrons. The number of hydrogen-bond acceptors (Lipinski definition) is 5. The van der Waals surface area contributed by atoms with Crippen molar-refractivity contribution in [2.45, 2.75) is 57.3 Å². The van der Waals surface area contributed by atoms with Crippen molar-refractivity contribution in [2.75, 3.05) is 33.2 Å². The second-order valence-corrected chi connectivity index (χ2v) is 12.6. The highest BCUT2D eigenvalue weighted by Gasteiger charge is 2.36. The van der Waals surface area contributed by atoms with Crippen molar-refractivity contribution in [1.82, 2.24) is 4.98 Å². The normalized spacial score (nSPS) is 23.2. The number of nitrogens with zero attached hydrogens (tertiary/aromatic N) is 1. The molecular formula is C27H37FNO4P. The van der Waals surface area contributed by atoms with E-state index in [1.807, 2.05) is 25.1 Å². The van der Waals surface area contributed by atoms with Crippen LogP contribution in [0.5, 0.6) is 11.6 Å². The van der Waals surface area contributed by atoms with Crippen LogP contribution in [-0.2, 0) is 9.09 Å². The number of halogens is 1. The molecule has 0 bridgehead atoms. The molecule has 0 N–H and O–H groups in total. The molecule has 2 aliphatic rings. The molecule has 7 heteroatoms. The van der Waals surface area contributed by atoms with Crippen molar-refractivity contribution in [3.63, 3.8) is 0 Å². The van der Waals surface area contributed by atoms with Crippen LogP contribution in [0.4, 0.5) is 4.39 Å². The smallest absolute Gasteiger partial charge is 0.213 e. The van der Waals surface area contributed by atoms with Crippen molar-refractivity contribution in [3.05, 3.63) is 53.5 Å². The van der Waals surface area contributed by atoms with Crippen molar-refractivity contribution in [2.24, 2.45) is 11.8 Å². The lowest BCUT2D eigenvalue weighted by molar-refractivity contribution is 0.193. The highest BCUT2D eigenvalue weighted by Crippen LogP contribution is 2.53. The molecule has 0 aliphatic heterocycles. The van der Waals surface area contributed by atoms with Crippen LogP contribution in [0.1, 0.15) is 68.4 Å². The molecule has 186 valence electrons. The first-order chi connectivity index (χ1) is 16.4. The molecule has 4 rings (SSSR count). The summed E-state index contributed by atoms with van der Waals surface area (Å²) in [5.41, 5.74) is 1.91. The summed E-state index contributed by atoms with van der Waals surface area (Å²) in [5, 5.41) is 0. The fourth-order valence-corrected chi connectivity index (χ4v) is 7.12. The quantitative estimate of drug-likeness (QED) is 0.318. The maximum atomic E-state index is 14.4. The molecule has 2 fully saturated rings. The number of ether oxygens (including phenoxy) is 2. The summed E-state index contributed by atoms with van der Waals surface area (Å²) >= 11 is 0. The molecule has 1 aromatic carbocycles. The Kier molecular flexibility index (Phi) is 8.31. The van der Waals surface area contributed by atoms with Crippen LogP contribution in [0.3, 0.4) is 0 Å². The Labute approximate surface area is 202 Å². The fraction of sp³-hybridized carbons (Fsp3) is 0.593. The van der Waals surface area contributed by atoms with Gasteiger partial charge >= 0.3 is 0 Å². The Balaban J connectivity index is 1.33. The van der Waals surface area contributed by atoms with Gasteiger partial charge in [-0.2, -0.15) is 0 Å². The maximum Gasteiger partial charge on any atom is 0.213 e. The standard InChI is InChI=1S/C27H37FNO4P/c1-4-33-34(3,30)18-25(21-9-10-21)22-13-14-29-27(15-22)32-17-19-5-7-20(8-6-19)24-16-23(31-2)11-12-26(24)28/h11-16,19-21,25H,4-10,17-18H2,1-3H3/t19-,20-,25-,34?/m0/s1. The van der Waals surface area contributed by atoms with Crippen LogP contribution in [0, 0.1) is 17.7 Å². The molecule has 1 unspecified atom stereocenters. The first-order valence-corrected chi connectivity index (χ1v) is 14.8. The van der Waals surface area contributed by atoms with E-state index in [9.17, 15) is 8.96 Å². The Morgan fingerprint density at radius 2 is 1.88 bits per heavy atom. The third-order valence-corrected chi connectivity index (χ3v) is 9.13. The Hall–Kier alpha value is -1.91. The van der Waals surface area contributed by atoms with Gasteiger partial charge in [0.2, 0.25) is 13.2 Å². The number of aromatic nitrogens is 1. The maximum absolute atomic E-state index is 14.4. The van der Waals surface area contributed by atoms with Crippen LogP contribution in [0.2, 0.25) is 0 Å². The largest absolute Gasteiger partial charge is 0.497 e. The van der Waals surface area contributed by atoms with E-state index in [0.717, 1.165) is 36.8 Å². The van der Waals surface area contributed by atoms with Crippen LogP contribution in [-0.4, -0.2) is 38.1 Å². The lowest BCUT2D eigenvalue weighted by atomic mass is 9.79. The number of methoxy groups -OCH3 is 1. The van der Waals surface area contributed by atoms with Gasteiger partial charge in [0.05, 0.1) is 20.3 Å². The summed E-state index contributed by atoms with van der Waals surface area (Å²) in [6.07, 6.45) is 8.59. The monoisotopic (exact) mass is 489 g/mol. The lowest BCUT2D eigenvalue weighted by Gasteiger charge is -2.29. The average molecular weight is 490 g/mol. The predicted octanol–water partition coefficient (Wildman–Crippen LogP) is 7.02. The zero-order chi connectivity index (χ0) is 24.1. The van der Waals surface area contributed by atoms with Gasteiger partial charge in [-0.25, -0.2) is 9.37 Å². The summed E-state index contributed by atoms with van der Waals surface area (Å²) in [6.45, 7) is 4.73. The first-order valence-electron chi connectivity index (χ1n) is 12.5. The summed E-state index contributed by atoms with van der Waals surface area (Å²) < 4.78 is 44.1. The van der Waals surface area contributed by atoms with E-state index in [1.54, 1.807) is 26.0 Å². The average Bonchev–Trinajstić information content (AvgIpc) is 3.68. The van der Waals surface area contributed by atoms with E-state index < -0.39 is 7.37 Å². The van der Waals surface area contributed by atoms with E-state index in [-0.39, 0.29) is 17.7 Å². The minimum atomic E-state index is -2.62. The van der Waals surface area contributed by atoms with E-state index in [2.05, 4.69) is 4.98 Å². The molecule has 0 spiro atoms. The van der Waals surface area contributed by atoms with Crippen LogP contribution in [0.15, 0.2) is 36.5 Å². The summed E-state index contributed by atoms with van der Waals surface area (Å²) in [7, 11) is -1.00. The number of hydrogen-bond donors (Lipinski definition) is 0. The molecule has 2 aromatic rings. The van der Waals surface area contributed by atoms with Gasteiger partial charge in [0.15, 0.2) is 0 Å². The van der Waals surface area contributed by atoms with Crippen LogP contribution < -0.4 is 9.47 Å². The molecule has 2 saturated carbocycles. The van der Waals surface area contributed by atoms with Crippen LogP contribution >= 0.6 is 7.37 Å². The van der Waals surface area contributed by atoms with Crippen LogP contribution in [0.25, 0.3) is 0 Å². The van der Waals surface area contributed by atoms with Crippen molar-refractivity contribution >= 4 is 7.37 Å². The molecular weight excluding hydrogens is 452 g/mol. The highest BCUT2D eigenvalue weighted by atomic mass is 31.2. The summed E-state index contributed by atoms with van der Waals surface area (Å²) in [4.78, 5) is 4.43. The SMILES string of the molecule is CCOP(C)(=O)C[C@H](c1ccnc(OC[C@H]2CC[C@H](c3cc(OC)ccc3F)CC2)c1)C1CC1. The van der Waals surface area contributed by atoms with Gasteiger partial charge in [-0.3, -0.25) is 4.57 Å². The third kappa shape index (κ3) is 6.60. The molecule has 0 amide bonds. The number of rotatable bonds is 11. The molecule has 5 nitrogen and oxygen atoms in total. The minimum absolute atomic E-state index is 0.146. The zero-order valence-electron chi connectivity index (χ0n) is 20.5. The molecule has 1 heterocycles. The topological polar surface area (TPSA) is 57.7 Å². The highest BCUT2D eigenvalue weighted by molar-refractivity contribution is 7.58. The van der Waals surface area contributed by atoms with Crippen molar-refractivity contribution < 1.29 is 23.0 Å². The molecule has 2 aliphatic carbocycles. The Morgan fingerprint density at radius 3 is 2.56 bits per heavy atom. The summed E-state index contributed by atoms with van der Waals surface area (Å²) in [6, 6.07) is 9.05. The number of benzene rings is 1. The van der Waals surface area contributed by atoms with E-state index in [4.69, 9.17) is 14.0 Å².